The number of benzene rings is 1. The number of rotatable bonds is 8. The number of carbonyl (C=O) groups excluding carboxylic acids is 1. The van der Waals surface area contributed by atoms with Crippen LogP contribution in [0.1, 0.15) is 31.2 Å². The third kappa shape index (κ3) is 5.23. The van der Waals surface area contributed by atoms with Crippen molar-refractivity contribution in [3.63, 3.8) is 0 Å². The molecular formula is C15H18N2O3S. The van der Waals surface area contributed by atoms with Crippen LogP contribution < -0.4 is 4.74 Å². The van der Waals surface area contributed by atoms with Gasteiger partial charge in [0.1, 0.15) is 11.5 Å². The molecule has 6 heteroatoms. The van der Waals surface area contributed by atoms with E-state index >= 15 is 0 Å². The van der Waals surface area contributed by atoms with E-state index < -0.39 is 0 Å². The number of nitrogens with zero attached hydrogens (tertiary/aromatic N) is 2. The van der Waals surface area contributed by atoms with Crippen molar-refractivity contribution in [3.8, 4) is 5.75 Å². The van der Waals surface area contributed by atoms with E-state index in [-0.39, 0.29) is 5.78 Å². The molecule has 0 saturated carbocycles. The van der Waals surface area contributed by atoms with Crippen LogP contribution in [0.25, 0.3) is 0 Å². The number of hydrogen-bond acceptors (Lipinski definition) is 6. The van der Waals surface area contributed by atoms with Crippen molar-refractivity contribution in [1.29, 1.82) is 0 Å². The topological polar surface area (TPSA) is 65.2 Å². The fraction of sp³-hybridized carbons (Fsp3) is 0.400. The van der Waals surface area contributed by atoms with Crippen LogP contribution in [-0.4, -0.2) is 28.8 Å². The molecule has 1 aromatic carbocycles. The maximum atomic E-state index is 10.8. The normalized spacial score (nSPS) is 10.6. The van der Waals surface area contributed by atoms with Crippen molar-refractivity contribution in [3.05, 3.63) is 35.7 Å². The molecule has 1 heterocycles. The summed E-state index contributed by atoms with van der Waals surface area (Å²) in [5.74, 6) is 2.44. The van der Waals surface area contributed by atoms with Gasteiger partial charge in [-0.1, -0.05) is 23.9 Å². The third-order valence-electron chi connectivity index (χ3n) is 2.86. The monoisotopic (exact) mass is 306 g/mol. The molecule has 0 aliphatic heterocycles. The number of hydrogen-bond donors (Lipinski definition) is 0. The quantitative estimate of drug-likeness (QED) is 0.551. The van der Waals surface area contributed by atoms with Crippen molar-refractivity contribution in [2.75, 3.05) is 12.9 Å². The van der Waals surface area contributed by atoms with E-state index in [2.05, 4.69) is 10.2 Å². The Morgan fingerprint density at radius 2 is 2.05 bits per heavy atom. The summed E-state index contributed by atoms with van der Waals surface area (Å²) in [5.41, 5.74) is 1.09. The second kappa shape index (κ2) is 7.83. The van der Waals surface area contributed by atoms with Crippen molar-refractivity contribution < 1.29 is 13.9 Å². The van der Waals surface area contributed by atoms with Crippen molar-refractivity contribution >= 4 is 17.5 Å². The highest BCUT2D eigenvalue weighted by Gasteiger charge is 2.08. The lowest BCUT2D eigenvalue weighted by atomic mass is 10.1. The summed E-state index contributed by atoms with van der Waals surface area (Å²) in [6, 6.07) is 7.76. The molecule has 1 aromatic heterocycles. The Hall–Kier alpha value is -1.82. The first-order valence-corrected chi connectivity index (χ1v) is 7.73. The molecule has 5 nitrogen and oxygen atoms in total. The van der Waals surface area contributed by atoms with E-state index in [0.29, 0.717) is 24.0 Å². The van der Waals surface area contributed by atoms with E-state index in [1.807, 2.05) is 24.3 Å². The number of carbonyl (C=O) groups is 1. The minimum atomic E-state index is 0.210. The Labute approximate surface area is 128 Å². The summed E-state index contributed by atoms with van der Waals surface area (Å²) in [7, 11) is 1.64. The Morgan fingerprint density at radius 1 is 1.29 bits per heavy atom. The van der Waals surface area contributed by atoms with Crippen LogP contribution >= 0.6 is 11.8 Å². The van der Waals surface area contributed by atoms with Gasteiger partial charge >= 0.3 is 0 Å². The molecule has 0 aliphatic carbocycles. The first-order chi connectivity index (χ1) is 10.2. The standard InChI is InChI=1S/C15H18N2O3S/c1-11(18)4-3-9-21-15-17-16-14(20-15)10-12-5-7-13(19-2)8-6-12/h5-8H,3-4,9-10H2,1-2H3. The molecule has 0 unspecified atom stereocenters. The molecule has 0 fully saturated rings. The minimum absolute atomic E-state index is 0.210. The van der Waals surface area contributed by atoms with E-state index in [9.17, 15) is 4.79 Å². The second-order valence-electron chi connectivity index (χ2n) is 4.64. The van der Waals surface area contributed by atoms with Gasteiger partial charge < -0.3 is 13.9 Å². The van der Waals surface area contributed by atoms with Gasteiger partial charge in [0.2, 0.25) is 5.89 Å². The first kappa shape index (κ1) is 15.6. The van der Waals surface area contributed by atoms with Gasteiger partial charge in [-0.3, -0.25) is 0 Å². The molecule has 2 rings (SSSR count). The summed E-state index contributed by atoms with van der Waals surface area (Å²) in [4.78, 5) is 10.8. The van der Waals surface area contributed by atoms with Crippen LogP contribution in [-0.2, 0) is 11.2 Å². The first-order valence-electron chi connectivity index (χ1n) is 6.75. The zero-order valence-electron chi connectivity index (χ0n) is 12.2. The maximum Gasteiger partial charge on any atom is 0.276 e. The lowest BCUT2D eigenvalue weighted by molar-refractivity contribution is -0.117. The Balaban J connectivity index is 1.83. The van der Waals surface area contributed by atoms with Gasteiger partial charge in [-0.15, -0.1) is 10.2 Å². The van der Waals surface area contributed by atoms with Crippen LogP contribution in [0.15, 0.2) is 33.9 Å². The number of aromatic nitrogens is 2. The number of thioether (sulfide) groups is 1. The zero-order chi connectivity index (χ0) is 15.1. The predicted octanol–water partition coefficient (Wildman–Crippen LogP) is 3.13. The van der Waals surface area contributed by atoms with Crippen molar-refractivity contribution in [1.82, 2.24) is 10.2 Å². The minimum Gasteiger partial charge on any atom is -0.497 e. The summed E-state index contributed by atoms with van der Waals surface area (Å²) >= 11 is 1.49. The van der Waals surface area contributed by atoms with Crippen LogP contribution in [0.5, 0.6) is 5.75 Å². The Bertz CT molecular complexity index is 581. The van der Waals surface area contributed by atoms with Crippen molar-refractivity contribution in [2.45, 2.75) is 31.4 Å². The van der Waals surface area contributed by atoms with Crippen LogP contribution in [0, 0.1) is 0 Å². The van der Waals surface area contributed by atoms with E-state index in [0.717, 1.165) is 23.5 Å². The van der Waals surface area contributed by atoms with E-state index in [4.69, 9.17) is 9.15 Å². The Kier molecular flexibility index (Phi) is 5.80. The summed E-state index contributed by atoms with van der Waals surface area (Å²) < 4.78 is 10.7. The molecule has 0 N–H and O–H groups in total. The molecule has 0 radical (unpaired) electrons. The number of ketones is 1. The summed E-state index contributed by atoms with van der Waals surface area (Å²) in [6.07, 6.45) is 2.03. The van der Waals surface area contributed by atoms with Gasteiger partial charge in [-0.2, -0.15) is 0 Å². The smallest absolute Gasteiger partial charge is 0.276 e. The average molecular weight is 306 g/mol. The highest BCUT2D eigenvalue weighted by atomic mass is 32.2. The molecule has 0 amide bonds. The van der Waals surface area contributed by atoms with Crippen LogP contribution in [0.3, 0.4) is 0 Å². The van der Waals surface area contributed by atoms with Gasteiger partial charge in [0.15, 0.2) is 0 Å². The highest BCUT2D eigenvalue weighted by Crippen LogP contribution is 2.20. The molecule has 0 spiro atoms. The van der Waals surface area contributed by atoms with Gasteiger partial charge in [-0.25, -0.2) is 0 Å². The lowest BCUT2D eigenvalue weighted by Gasteiger charge is -2.00. The van der Waals surface area contributed by atoms with Gasteiger partial charge in [0.25, 0.3) is 5.22 Å². The van der Waals surface area contributed by atoms with Crippen molar-refractivity contribution in [2.24, 2.45) is 0 Å². The largest absolute Gasteiger partial charge is 0.497 e. The third-order valence-corrected chi connectivity index (χ3v) is 3.77. The fourth-order valence-corrected chi connectivity index (χ4v) is 2.48. The number of methoxy groups -OCH3 is 1. The molecule has 21 heavy (non-hydrogen) atoms. The highest BCUT2D eigenvalue weighted by molar-refractivity contribution is 7.99. The molecule has 112 valence electrons. The lowest BCUT2D eigenvalue weighted by Crippen LogP contribution is -1.90. The van der Waals surface area contributed by atoms with Crippen LogP contribution in [0.4, 0.5) is 0 Å². The zero-order valence-corrected chi connectivity index (χ0v) is 13.0. The summed E-state index contributed by atoms with van der Waals surface area (Å²) in [6.45, 7) is 1.60. The number of Topliss-reactive ketones (excluding diaryl/α,β-unsaturated/α-hetero) is 1. The Morgan fingerprint density at radius 3 is 2.71 bits per heavy atom. The average Bonchev–Trinajstić information content (AvgIpc) is 2.92. The molecule has 0 atom stereocenters. The predicted molar refractivity (Wildman–Crippen MR) is 80.7 cm³/mol. The maximum absolute atomic E-state index is 10.8. The SMILES string of the molecule is COc1ccc(Cc2nnc(SCCCC(C)=O)o2)cc1. The van der Waals surface area contributed by atoms with E-state index in [1.54, 1.807) is 14.0 Å². The van der Waals surface area contributed by atoms with Gasteiger partial charge in [0, 0.05) is 12.2 Å². The molecule has 0 saturated heterocycles. The second-order valence-corrected chi connectivity index (χ2v) is 5.69. The fourth-order valence-electron chi connectivity index (χ4n) is 1.77. The molecule has 0 bridgehead atoms. The molecule has 0 aliphatic rings. The van der Waals surface area contributed by atoms with E-state index in [1.165, 1.54) is 11.8 Å². The summed E-state index contributed by atoms with van der Waals surface area (Å²) in [5, 5.41) is 8.59. The molecule has 2 aromatic rings. The molecular weight excluding hydrogens is 288 g/mol. The van der Waals surface area contributed by atoms with Crippen LogP contribution in [0.2, 0.25) is 0 Å². The number of ether oxygens (including phenoxy) is 1. The van der Waals surface area contributed by atoms with Gasteiger partial charge in [-0.05, 0) is 31.0 Å². The van der Waals surface area contributed by atoms with Gasteiger partial charge in [0.05, 0.1) is 13.5 Å².